The highest BCUT2D eigenvalue weighted by Crippen LogP contribution is 2.30. The molecule has 0 spiro atoms. The van der Waals surface area contributed by atoms with Crippen molar-refractivity contribution >= 4 is 39.6 Å². The van der Waals surface area contributed by atoms with Gasteiger partial charge in [-0.25, -0.2) is 4.98 Å². The van der Waals surface area contributed by atoms with E-state index in [1.165, 1.54) is 16.5 Å². The second kappa shape index (κ2) is 9.55. The molecule has 2 N–H and O–H groups in total. The minimum atomic E-state index is -0.0127. The number of aromatic nitrogens is 3. The van der Waals surface area contributed by atoms with Gasteiger partial charge in [0.1, 0.15) is 12.4 Å². The molecule has 3 aromatic carbocycles. The number of amides is 1. The Bertz CT molecular complexity index is 1390. The molecule has 0 saturated carbocycles. The van der Waals surface area contributed by atoms with Crippen LogP contribution in [-0.4, -0.2) is 33.2 Å². The van der Waals surface area contributed by atoms with Crippen molar-refractivity contribution in [3.05, 3.63) is 102 Å². The van der Waals surface area contributed by atoms with E-state index in [1.54, 1.807) is 11.8 Å². The van der Waals surface area contributed by atoms with E-state index in [2.05, 4.69) is 53.1 Å². The molecular weight excluding hydrogens is 428 g/mol. The summed E-state index contributed by atoms with van der Waals surface area (Å²) < 4.78 is 2.03. The fourth-order valence-corrected chi connectivity index (χ4v) is 4.91. The number of hydrogen-bond acceptors (Lipinski definition) is 3. The molecular formula is C27H26N4OS. The number of aromatic amines is 1. The number of nitrogens with zero attached hydrogens (tertiary/aromatic N) is 2. The monoisotopic (exact) mass is 454 g/mol. The normalized spacial score (nSPS) is 12.3. The van der Waals surface area contributed by atoms with Crippen LogP contribution in [-0.2, 0) is 17.1 Å². The van der Waals surface area contributed by atoms with E-state index >= 15 is 0 Å². The summed E-state index contributed by atoms with van der Waals surface area (Å²) in [6.45, 7) is 0.779. The number of hydrogen-bond donors (Lipinski definition) is 2. The smallest absolute Gasteiger partial charge is 0.240 e. The van der Waals surface area contributed by atoms with Gasteiger partial charge >= 0.3 is 0 Å². The van der Waals surface area contributed by atoms with Crippen molar-refractivity contribution in [3.8, 4) is 0 Å². The molecule has 5 nitrogen and oxygen atoms in total. The van der Waals surface area contributed by atoms with Crippen LogP contribution in [0.25, 0.3) is 21.9 Å². The van der Waals surface area contributed by atoms with Gasteiger partial charge in [-0.1, -0.05) is 60.7 Å². The van der Waals surface area contributed by atoms with Crippen molar-refractivity contribution in [2.24, 2.45) is 0 Å². The average molecular weight is 455 g/mol. The van der Waals surface area contributed by atoms with E-state index in [4.69, 9.17) is 4.98 Å². The molecule has 0 aliphatic rings. The molecule has 0 fully saturated rings. The van der Waals surface area contributed by atoms with Crippen LogP contribution < -0.4 is 5.32 Å². The fraction of sp³-hybridized carbons (Fsp3) is 0.185. The zero-order valence-electron chi connectivity index (χ0n) is 18.5. The minimum Gasteiger partial charge on any atom is -0.361 e. The van der Waals surface area contributed by atoms with Crippen molar-refractivity contribution < 1.29 is 4.79 Å². The van der Waals surface area contributed by atoms with E-state index in [-0.39, 0.29) is 18.4 Å². The number of nitrogens with one attached hydrogen (secondary N) is 2. The van der Waals surface area contributed by atoms with Gasteiger partial charge in [0.25, 0.3) is 0 Å². The van der Waals surface area contributed by atoms with Crippen molar-refractivity contribution in [2.75, 3.05) is 12.8 Å². The highest BCUT2D eigenvalue weighted by Gasteiger charge is 2.20. The summed E-state index contributed by atoms with van der Waals surface area (Å²) in [5, 5.41) is 4.38. The molecule has 0 radical (unpaired) electrons. The first-order valence-corrected chi connectivity index (χ1v) is 12.4. The SMILES string of the molecule is CSCc1nc2ccccc2n1CC(=O)NCC(c1ccccc1)c1c[nH]c2ccccc12. The Balaban J connectivity index is 1.40. The topological polar surface area (TPSA) is 62.7 Å². The number of H-pyrrole nitrogens is 1. The maximum Gasteiger partial charge on any atom is 0.240 e. The third kappa shape index (κ3) is 4.39. The Labute approximate surface area is 197 Å². The standard InChI is InChI=1S/C27H26N4OS/c1-33-18-26-30-24-13-7-8-14-25(24)31(26)17-27(32)29-15-21(19-9-3-2-4-10-19)22-16-28-23-12-6-5-11-20(22)23/h2-14,16,21,28H,15,17-18H2,1H3,(H,29,32). The highest BCUT2D eigenvalue weighted by atomic mass is 32.2. The lowest BCUT2D eigenvalue weighted by Gasteiger charge is -2.19. The number of fused-ring (bicyclic) bond motifs is 2. The van der Waals surface area contributed by atoms with Crippen LogP contribution in [0.5, 0.6) is 0 Å². The lowest BCUT2D eigenvalue weighted by Crippen LogP contribution is -2.32. The fourth-order valence-electron chi connectivity index (χ4n) is 4.43. The lowest BCUT2D eigenvalue weighted by atomic mass is 9.91. The van der Waals surface area contributed by atoms with Crippen molar-refractivity contribution in [3.63, 3.8) is 0 Å². The lowest BCUT2D eigenvalue weighted by molar-refractivity contribution is -0.121. The van der Waals surface area contributed by atoms with Gasteiger partial charge in [-0.3, -0.25) is 4.79 Å². The summed E-state index contributed by atoms with van der Waals surface area (Å²) in [4.78, 5) is 21.2. The molecule has 6 heteroatoms. The minimum absolute atomic E-state index is 0.0127. The predicted octanol–water partition coefficient (Wildman–Crippen LogP) is 5.33. The highest BCUT2D eigenvalue weighted by molar-refractivity contribution is 7.97. The molecule has 1 unspecified atom stereocenters. The van der Waals surface area contributed by atoms with Gasteiger partial charge in [0.2, 0.25) is 5.91 Å². The number of para-hydroxylation sites is 3. The summed E-state index contributed by atoms with van der Waals surface area (Å²) in [6.07, 6.45) is 4.11. The molecule has 5 rings (SSSR count). The number of carbonyl (C=O) groups excluding carboxylic acids is 1. The Morgan fingerprint density at radius 1 is 1.03 bits per heavy atom. The molecule has 166 valence electrons. The van der Waals surface area contributed by atoms with E-state index in [0.717, 1.165) is 28.1 Å². The van der Waals surface area contributed by atoms with E-state index < -0.39 is 0 Å². The first-order valence-electron chi connectivity index (χ1n) is 11.1. The Morgan fingerprint density at radius 3 is 2.64 bits per heavy atom. The molecule has 0 aliphatic heterocycles. The molecule has 0 saturated heterocycles. The first-order chi connectivity index (χ1) is 16.2. The van der Waals surface area contributed by atoms with Crippen LogP contribution in [0.15, 0.2) is 85.1 Å². The van der Waals surface area contributed by atoms with Crippen LogP contribution in [0.1, 0.15) is 22.9 Å². The molecule has 1 atom stereocenters. The van der Waals surface area contributed by atoms with E-state index in [0.29, 0.717) is 6.54 Å². The van der Waals surface area contributed by atoms with Gasteiger partial charge in [0.15, 0.2) is 0 Å². The van der Waals surface area contributed by atoms with Crippen molar-refractivity contribution in [1.82, 2.24) is 19.9 Å². The number of carbonyl (C=O) groups is 1. The van der Waals surface area contributed by atoms with Crippen LogP contribution in [0, 0.1) is 0 Å². The van der Waals surface area contributed by atoms with Gasteiger partial charge in [0, 0.05) is 29.6 Å². The molecule has 33 heavy (non-hydrogen) atoms. The zero-order valence-corrected chi connectivity index (χ0v) is 19.3. The van der Waals surface area contributed by atoms with Crippen LogP contribution in [0.2, 0.25) is 0 Å². The Kier molecular flexibility index (Phi) is 6.17. The summed E-state index contributed by atoms with van der Waals surface area (Å²) in [6, 6.07) is 26.6. The van der Waals surface area contributed by atoms with Crippen LogP contribution in [0.4, 0.5) is 0 Å². The third-order valence-corrected chi connectivity index (χ3v) is 6.56. The molecule has 2 heterocycles. The first kappa shape index (κ1) is 21.3. The van der Waals surface area contributed by atoms with Gasteiger partial charge in [-0.2, -0.15) is 11.8 Å². The number of rotatable bonds is 8. The van der Waals surface area contributed by atoms with Gasteiger partial charge in [0.05, 0.1) is 16.8 Å². The molecule has 0 bridgehead atoms. The van der Waals surface area contributed by atoms with E-state index in [9.17, 15) is 4.79 Å². The predicted molar refractivity (Wildman–Crippen MR) is 137 cm³/mol. The van der Waals surface area contributed by atoms with Crippen molar-refractivity contribution in [1.29, 1.82) is 0 Å². The Morgan fingerprint density at radius 2 is 1.79 bits per heavy atom. The summed E-state index contributed by atoms with van der Waals surface area (Å²) in [5.41, 5.74) is 5.39. The molecule has 1 amide bonds. The van der Waals surface area contributed by atoms with Crippen LogP contribution in [0.3, 0.4) is 0 Å². The molecule has 2 aromatic heterocycles. The third-order valence-electron chi connectivity index (χ3n) is 6.01. The summed E-state index contributed by atoms with van der Waals surface area (Å²) in [7, 11) is 0. The molecule has 0 aliphatic carbocycles. The summed E-state index contributed by atoms with van der Waals surface area (Å²) >= 11 is 1.71. The maximum absolute atomic E-state index is 13.1. The average Bonchev–Trinajstić information content (AvgIpc) is 3.42. The van der Waals surface area contributed by atoms with Gasteiger partial charge < -0.3 is 14.9 Å². The van der Waals surface area contributed by atoms with Crippen LogP contribution >= 0.6 is 11.8 Å². The van der Waals surface area contributed by atoms with E-state index in [1.807, 2.05) is 53.1 Å². The van der Waals surface area contributed by atoms with Gasteiger partial charge in [-0.05, 0) is 35.6 Å². The number of benzene rings is 3. The maximum atomic E-state index is 13.1. The largest absolute Gasteiger partial charge is 0.361 e. The second-order valence-corrected chi connectivity index (χ2v) is 8.96. The van der Waals surface area contributed by atoms with Gasteiger partial charge in [-0.15, -0.1) is 0 Å². The Hall–Kier alpha value is -3.51. The zero-order chi connectivity index (χ0) is 22.6. The quantitative estimate of drug-likeness (QED) is 0.333. The number of imidazole rings is 1. The number of thioether (sulfide) groups is 1. The van der Waals surface area contributed by atoms with Crippen molar-refractivity contribution in [2.45, 2.75) is 18.2 Å². The second-order valence-electron chi connectivity index (χ2n) is 8.09. The molecule has 5 aromatic rings. The summed E-state index contributed by atoms with van der Waals surface area (Å²) in [5.74, 6) is 1.73.